The molecule has 1 aromatic carbocycles. The SMILES string of the molecule is CNc1ccc(-c2c(CC(C)C)ncn2CC(=O)O)cc1N. The Kier molecular flexibility index (Phi) is 4.70. The van der Waals surface area contributed by atoms with Crippen molar-refractivity contribution in [1.29, 1.82) is 0 Å². The number of hydrogen-bond acceptors (Lipinski definition) is 4. The van der Waals surface area contributed by atoms with Crippen LogP contribution in [0.3, 0.4) is 0 Å². The van der Waals surface area contributed by atoms with Gasteiger partial charge in [-0.05, 0) is 24.5 Å². The van der Waals surface area contributed by atoms with Crippen LogP contribution in [-0.2, 0) is 17.8 Å². The molecule has 4 N–H and O–H groups in total. The number of aliphatic carboxylic acids is 1. The van der Waals surface area contributed by atoms with Crippen molar-refractivity contribution in [2.24, 2.45) is 5.92 Å². The lowest BCUT2D eigenvalue weighted by Crippen LogP contribution is -2.10. The zero-order chi connectivity index (χ0) is 16.3. The molecule has 6 nitrogen and oxygen atoms in total. The Hall–Kier alpha value is -2.50. The number of nitrogen functional groups attached to an aromatic ring is 1. The Morgan fingerprint density at radius 3 is 2.73 bits per heavy atom. The molecule has 0 fully saturated rings. The van der Waals surface area contributed by atoms with Gasteiger partial charge in [0.25, 0.3) is 0 Å². The summed E-state index contributed by atoms with van der Waals surface area (Å²) < 4.78 is 1.66. The van der Waals surface area contributed by atoms with E-state index in [0.717, 1.165) is 29.1 Å². The minimum Gasteiger partial charge on any atom is -0.480 e. The first-order chi connectivity index (χ1) is 10.4. The van der Waals surface area contributed by atoms with E-state index in [-0.39, 0.29) is 6.54 Å². The normalized spacial score (nSPS) is 10.9. The highest BCUT2D eigenvalue weighted by atomic mass is 16.4. The molecule has 1 aromatic heterocycles. The summed E-state index contributed by atoms with van der Waals surface area (Å²) in [6.07, 6.45) is 2.37. The number of nitrogens with one attached hydrogen (secondary N) is 1. The highest BCUT2D eigenvalue weighted by molar-refractivity contribution is 5.76. The second-order valence-corrected chi connectivity index (χ2v) is 5.71. The number of hydrogen-bond donors (Lipinski definition) is 3. The highest BCUT2D eigenvalue weighted by Gasteiger charge is 2.16. The number of rotatable bonds is 6. The van der Waals surface area contributed by atoms with E-state index in [0.29, 0.717) is 11.6 Å². The van der Waals surface area contributed by atoms with Crippen molar-refractivity contribution in [3.63, 3.8) is 0 Å². The molecular weight excluding hydrogens is 280 g/mol. The Balaban J connectivity index is 2.52. The first-order valence-electron chi connectivity index (χ1n) is 7.25. The van der Waals surface area contributed by atoms with Crippen molar-refractivity contribution < 1.29 is 9.90 Å². The van der Waals surface area contributed by atoms with Crippen LogP contribution in [0, 0.1) is 5.92 Å². The molecule has 0 radical (unpaired) electrons. The van der Waals surface area contributed by atoms with Crippen molar-refractivity contribution in [2.45, 2.75) is 26.8 Å². The third-order valence-corrected chi connectivity index (χ3v) is 3.42. The number of imidazole rings is 1. The molecule has 0 unspecified atom stereocenters. The molecule has 2 rings (SSSR count). The molecule has 0 saturated carbocycles. The number of nitrogens with zero attached hydrogens (tertiary/aromatic N) is 2. The van der Waals surface area contributed by atoms with Crippen molar-refractivity contribution in [3.05, 3.63) is 30.2 Å². The molecule has 1 heterocycles. The maximum atomic E-state index is 11.1. The van der Waals surface area contributed by atoms with Crippen LogP contribution < -0.4 is 11.1 Å². The molecule has 0 aliphatic carbocycles. The average molecular weight is 302 g/mol. The van der Waals surface area contributed by atoms with Gasteiger partial charge in [0.05, 0.1) is 29.1 Å². The molecule has 0 spiro atoms. The number of carboxylic acid groups (broad SMARTS) is 1. The lowest BCUT2D eigenvalue weighted by molar-refractivity contribution is -0.137. The second-order valence-electron chi connectivity index (χ2n) is 5.71. The van der Waals surface area contributed by atoms with Gasteiger partial charge in [-0.15, -0.1) is 0 Å². The summed E-state index contributed by atoms with van der Waals surface area (Å²) in [5, 5.41) is 12.1. The van der Waals surface area contributed by atoms with Gasteiger partial charge in [0, 0.05) is 12.6 Å². The fourth-order valence-electron chi connectivity index (χ4n) is 2.50. The third-order valence-electron chi connectivity index (χ3n) is 3.42. The zero-order valence-corrected chi connectivity index (χ0v) is 13.1. The van der Waals surface area contributed by atoms with Crippen molar-refractivity contribution in [3.8, 4) is 11.3 Å². The van der Waals surface area contributed by atoms with Gasteiger partial charge in [0.15, 0.2) is 0 Å². The maximum Gasteiger partial charge on any atom is 0.323 e. The predicted molar refractivity (Wildman–Crippen MR) is 87.8 cm³/mol. The number of nitrogens with two attached hydrogens (primary N) is 1. The van der Waals surface area contributed by atoms with E-state index in [9.17, 15) is 4.79 Å². The van der Waals surface area contributed by atoms with Crippen LogP contribution in [0.4, 0.5) is 11.4 Å². The third kappa shape index (κ3) is 3.39. The number of carboxylic acids is 1. The fraction of sp³-hybridized carbons (Fsp3) is 0.375. The molecule has 0 aliphatic rings. The van der Waals surface area contributed by atoms with Crippen LogP contribution in [0.2, 0.25) is 0 Å². The fourth-order valence-corrected chi connectivity index (χ4v) is 2.50. The quantitative estimate of drug-likeness (QED) is 0.713. The van der Waals surface area contributed by atoms with Crippen LogP contribution in [0.5, 0.6) is 0 Å². The van der Waals surface area contributed by atoms with E-state index in [1.54, 1.807) is 10.9 Å². The van der Waals surface area contributed by atoms with E-state index in [4.69, 9.17) is 10.8 Å². The Labute approximate surface area is 130 Å². The maximum absolute atomic E-state index is 11.1. The summed E-state index contributed by atoms with van der Waals surface area (Å²) in [6.45, 7) is 4.10. The topological polar surface area (TPSA) is 93.2 Å². The zero-order valence-electron chi connectivity index (χ0n) is 13.1. The van der Waals surface area contributed by atoms with Crippen molar-refractivity contribution in [2.75, 3.05) is 18.1 Å². The van der Waals surface area contributed by atoms with Gasteiger partial charge in [0.1, 0.15) is 6.54 Å². The van der Waals surface area contributed by atoms with Crippen LogP contribution in [0.1, 0.15) is 19.5 Å². The van der Waals surface area contributed by atoms with Gasteiger partial charge in [-0.1, -0.05) is 19.9 Å². The second kappa shape index (κ2) is 6.51. The average Bonchev–Trinajstić information content (AvgIpc) is 2.79. The molecule has 2 aromatic rings. The van der Waals surface area contributed by atoms with E-state index in [1.165, 1.54) is 0 Å². The van der Waals surface area contributed by atoms with Crippen LogP contribution in [-0.4, -0.2) is 27.7 Å². The Morgan fingerprint density at radius 1 is 1.45 bits per heavy atom. The van der Waals surface area contributed by atoms with Gasteiger partial charge in [-0.25, -0.2) is 4.98 Å². The molecule has 22 heavy (non-hydrogen) atoms. The lowest BCUT2D eigenvalue weighted by Gasteiger charge is -2.12. The monoisotopic (exact) mass is 302 g/mol. The van der Waals surface area contributed by atoms with Crippen LogP contribution in [0.25, 0.3) is 11.3 Å². The van der Waals surface area contributed by atoms with Crippen LogP contribution in [0.15, 0.2) is 24.5 Å². The lowest BCUT2D eigenvalue weighted by atomic mass is 10.0. The summed E-state index contributed by atoms with van der Waals surface area (Å²) in [4.78, 5) is 15.5. The summed E-state index contributed by atoms with van der Waals surface area (Å²) >= 11 is 0. The first-order valence-corrected chi connectivity index (χ1v) is 7.25. The van der Waals surface area contributed by atoms with Gasteiger partial charge in [-0.3, -0.25) is 4.79 Å². The summed E-state index contributed by atoms with van der Waals surface area (Å²) in [5.74, 6) is -0.463. The molecule has 0 bridgehead atoms. The minimum atomic E-state index is -0.894. The smallest absolute Gasteiger partial charge is 0.323 e. The first kappa shape index (κ1) is 15.9. The largest absolute Gasteiger partial charge is 0.480 e. The number of aromatic nitrogens is 2. The Bertz CT molecular complexity index is 677. The molecule has 0 atom stereocenters. The van der Waals surface area contributed by atoms with Crippen molar-refractivity contribution >= 4 is 17.3 Å². The highest BCUT2D eigenvalue weighted by Crippen LogP contribution is 2.30. The molecule has 0 amide bonds. The number of benzene rings is 1. The van der Waals surface area contributed by atoms with Gasteiger partial charge < -0.3 is 20.7 Å². The molecule has 0 aliphatic heterocycles. The standard InChI is InChI=1S/C16H22N4O2/c1-10(2)6-14-16(20(9-19-14)8-15(21)22)11-4-5-13(18-3)12(17)7-11/h4-5,7,9-10,18H,6,8,17H2,1-3H3,(H,21,22). The van der Waals surface area contributed by atoms with E-state index in [2.05, 4.69) is 24.1 Å². The van der Waals surface area contributed by atoms with E-state index in [1.807, 2.05) is 25.2 Å². The number of carbonyl (C=O) groups is 1. The summed E-state index contributed by atoms with van der Waals surface area (Å²) in [5.41, 5.74) is 10.1. The Morgan fingerprint density at radius 2 is 2.18 bits per heavy atom. The van der Waals surface area contributed by atoms with E-state index >= 15 is 0 Å². The summed E-state index contributed by atoms with van der Waals surface area (Å²) in [7, 11) is 1.81. The van der Waals surface area contributed by atoms with Crippen LogP contribution >= 0.6 is 0 Å². The molecule has 118 valence electrons. The predicted octanol–water partition coefficient (Wildman–Crippen LogP) is 2.46. The molecular formula is C16H22N4O2. The molecule has 6 heteroatoms. The molecule has 0 saturated heterocycles. The van der Waals surface area contributed by atoms with Gasteiger partial charge in [-0.2, -0.15) is 0 Å². The minimum absolute atomic E-state index is 0.117. The summed E-state index contributed by atoms with van der Waals surface area (Å²) in [6, 6.07) is 5.67. The van der Waals surface area contributed by atoms with Gasteiger partial charge in [0.2, 0.25) is 0 Å². The van der Waals surface area contributed by atoms with Gasteiger partial charge >= 0.3 is 5.97 Å². The number of anilines is 2. The van der Waals surface area contributed by atoms with Crippen molar-refractivity contribution in [1.82, 2.24) is 9.55 Å². The van der Waals surface area contributed by atoms with E-state index < -0.39 is 5.97 Å².